The minimum atomic E-state index is -1.27. The highest BCUT2D eigenvalue weighted by atomic mass is 28.3. The Bertz CT molecular complexity index is 530. The van der Waals surface area contributed by atoms with Crippen molar-refractivity contribution >= 4 is 26.5 Å². The van der Waals surface area contributed by atoms with E-state index in [-0.39, 0.29) is 0 Å². The van der Waals surface area contributed by atoms with Gasteiger partial charge in [0.1, 0.15) is 0 Å². The molecule has 174 valence electrons. The average Bonchev–Trinajstić information content (AvgIpc) is 2.72. The van der Waals surface area contributed by atoms with Crippen LogP contribution in [0.3, 0.4) is 0 Å². The molecule has 0 amide bonds. The quantitative estimate of drug-likeness (QED) is 0.156. The maximum absolute atomic E-state index is 2.59. The normalized spacial score (nSPS) is 12.5. The molecule has 30 heavy (non-hydrogen) atoms. The fourth-order valence-corrected chi connectivity index (χ4v) is 9.69. The topological polar surface area (TPSA) is 0 Å². The number of rotatable bonds is 18. The monoisotopic (exact) mass is 446 g/mol. The summed E-state index contributed by atoms with van der Waals surface area (Å²) in [5, 5.41) is 3.35. The van der Waals surface area contributed by atoms with E-state index < -0.39 is 16.1 Å². The van der Waals surface area contributed by atoms with E-state index in [2.05, 4.69) is 64.3 Å². The van der Waals surface area contributed by atoms with Crippen molar-refractivity contribution in [2.75, 3.05) is 0 Å². The summed E-state index contributed by atoms with van der Waals surface area (Å²) in [5.74, 6) is 0. The average molecular weight is 447 g/mol. The van der Waals surface area contributed by atoms with Gasteiger partial charge in [0, 0.05) is 0 Å². The van der Waals surface area contributed by atoms with Crippen LogP contribution in [0.15, 0.2) is 24.3 Å². The minimum absolute atomic E-state index is 1.26. The number of benzene rings is 1. The second-order valence-corrected chi connectivity index (χ2v) is 20.8. The lowest BCUT2D eigenvalue weighted by Crippen LogP contribution is -2.45. The molecular formula is C28H54Si2. The fourth-order valence-electron chi connectivity index (χ4n) is 4.71. The lowest BCUT2D eigenvalue weighted by molar-refractivity contribution is 0.571. The minimum Gasteiger partial charge on any atom is -0.0654 e. The summed E-state index contributed by atoms with van der Waals surface area (Å²) >= 11 is 0. The van der Waals surface area contributed by atoms with Crippen molar-refractivity contribution in [3.8, 4) is 0 Å². The van der Waals surface area contributed by atoms with Gasteiger partial charge in [-0.05, 0) is 0 Å². The van der Waals surface area contributed by atoms with E-state index in [1.807, 2.05) is 0 Å². The lowest BCUT2D eigenvalue weighted by Gasteiger charge is -2.26. The molecule has 0 heterocycles. The van der Waals surface area contributed by atoms with Crippen molar-refractivity contribution in [3.05, 3.63) is 24.3 Å². The molecule has 0 N–H and O–H groups in total. The van der Waals surface area contributed by atoms with Gasteiger partial charge in [0.15, 0.2) is 0 Å². The van der Waals surface area contributed by atoms with Gasteiger partial charge in [0.05, 0.1) is 16.1 Å². The molecule has 2 heteroatoms. The van der Waals surface area contributed by atoms with Crippen LogP contribution in [0.4, 0.5) is 0 Å². The zero-order valence-corrected chi connectivity index (χ0v) is 23.6. The molecule has 0 aromatic heterocycles. The third-order valence-corrected chi connectivity index (χ3v) is 14.3. The first kappa shape index (κ1) is 27.7. The van der Waals surface area contributed by atoms with Crippen LogP contribution in [0.25, 0.3) is 0 Å². The summed E-state index contributed by atoms with van der Waals surface area (Å²) < 4.78 is 0. The third-order valence-electron chi connectivity index (χ3n) is 7.26. The molecule has 0 aliphatic heterocycles. The van der Waals surface area contributed by atoms with Crippen LogP contribution >= 0.6 is 0 Å². The Kier molecular flexibility index (Phi) is 14.3. The van der Waals surface area contributed by atoms with E-state index in [4.69, 9.17) is 0 Å². The second kappa shape index (κ2) is 15.5. The van der Waals surface area contributed by atoms with E-state index >= 15 is 0 Å². The Morgan fingerprint density at radius 1 is 0.433 bits per heavy atom. The Balaban J connectivity index is 2.37. The van der Waals surface area contributed by atoms with Crippen LogP contribution in [0.1, 0.15) is 104 Å². The molecule has 0 aliphatic rings. The van der Waals surface area contributed by atoms with E-state index in [0.717, 1.165) is 0 Å². The predicted molar refractivity (Wildman–Crippen MR) is 146 cm³/mol. The van der Waals surface area contributed by atoms with Crippen molar-refractivity contribution in [1.29, 1.82) is 0 Å². The van der Waals surface area contributed by atoms with Gasteiger partial charge in [0.2, 0.25) is 0 Å². The summed E-state index contributed by atoms with van der Waals surface area (Å²) in [6.45, 7) is 14.9. The highest BCUT2D eigenvalue weighted by molar-refractivity contribution is 6.91. The van der Waals surface area contributed by atoms with E-state index in [1.165, 1.54) is 102 Å². The maximum atomic E-state index is 2.59. The number of hydrogen-bond donors (Lipinski definition) is 0. The number of hydrogen-bond acceptors (Lipinski definition) is 0. The highest BCUT2D eigenvalue weighted by Gasteiger charge is 2.26. The fraction of sp³-hybridized carbons (Fsp3) is 0.786. The van der Waals surface area contributed by atoms with Crippen LogP contribution < -0.4 is 10.4 Å². The molecular weight excluding hydrogens is 392 g/mol. The molecule has 0 nitrogen and oxygen atoms in total. The standard InChI is InChI=1S/C28H54Si2/c1-7-9-11-13-14-15-16-18-20-26-30(5,6)28-23-21-27(22-24-28)29(3,4)25-19-17-12-10-8-2/h21-24H,7-20,25-26H2,1-6H3. The van der Waals surface area contributed by atoms with Gasteiger partial charge in [0.25, 0.3) is 0 Å². The van der Waals surface area contributed by atoms with Crippen LogP contribution in [0.5, 0.6) is 0 Å². The molecule has 0 saturated carbocycles. The van der Waals surface area contributed by atoms with Crippen LogP contribution in [-0.4, -0.2) is 16.1 Å². The number of unbranched alkanes of at least 4 members (excludes halogenated alkanes) is 12. The lowest BCUT2D eigenvalue weighted by atomic mass is 10.1. The molecule has 0 bridgehead atoms. The molecule has 0 atom stereocenters. The Morgan fingerprint density at radius 2 is 0.700 bits per heavy atom. The predicted octanol–water partition coefficient (Wildman–Crippen LogP) is 9.02. The van der Waals surface area contributed by atoms with Crippen LogP contribution in [0, 0.1) is 0 Å². The van der Waals surface area contributed by atoms with Crippen molar-refractivity contribution < 1.29 is 0 Å². The first-order valence-corrected chi connectivity index (χ1v) is 19.9. The SMILES string of the molecule is CCCCCCCCCCC[Si](C)(C)c1ccc([Si](C)(C)CCCCCCC)cc1. The largest absolute Gasteiger partial charge is 0.0806 e. The van der Waals surface area contributed by atoms with Crippen molar-refractivity contribution in [2.24, 2.45) is 0 Å². The Hall–Kier alpha value is -0.346. The van der Waals surface area contributed by atoms with E-state index in [1.54, 1.807) is 10.4 Å². The van der Waals surface area contributed by atoms with Gasteiger partial charge in [-0.2, -0.15) is 0 Å². The van der Waals surface area contributed by atoms with Gasteiger partial charge in [-0.15, -0.1) is 0 Å². The molecule has 0 radical (unpaired) electrons. The van der Waals surface area contributed by atoms with E-state index in [9.17, 15) is 0 Å². The highest BCUT2D eigenvalue weighted by Crippen LogP contribution is 2.19. The molecule has 0 aliphatic carbocycles. The molecule has 0 spiro atoms. The molecule has 1 rings (SSSR count). The molecule has 0 fully saturated rings. The van der Waals surface area contributed by atoms with Crippen molar-refractivity contribution in [2.45, 2.75) is 142 Å². The van der Waals surface area contributed by atoms with Crippen molar-refractivity contribution in [3.63, 3.8) is 0 Å². The summed E-state index contributed by atoms with van der Waals surface area (Å²) in [4.78, 5) is 0. The summed E-state index contributed by atoms with van der Waals surface area (Å²) in [6.07, 6.45) is 20.0. The van der Waals surface area contributed by atoms with Gasteiger partial charge in [-0.3, -0.25) is 0 Å². The van der Waals surface area contributed by atoms with Gasteiger partial charge in [-0.1, -0.05) is 177 Å². The van der Waals surface area contributed by atoms with Crippen molar-refractivity contribution in [1.82, 2.24) is 0 Å². The van der Waals surface area contributed by atoms with Crippen LogP contribution in [-0.2, 0) is 0 Å². The molecule has 0 saturated heterocycles. The third kappa shape index (κ3) is 11.3. The Morgan fingerprint density at radius 3 is 1.00 bits per heavy atom. The summed E-state index contributed by atoms with van der Waals surface area (Å²) in [6, 6.07) is 13.0. The maximum Gasteiger partial charge on any atom is 0.0806 e. The smallest absolute Gasteiger partial charge is 0.0654 e. The Labute approximate surface area is 192 Å². The van der Waals surface area contributed by atoms with Gasteiger partial charge in [-0.25, -0.2) is 0 Å². The van der Waals surface area contributed by atoms with Crippen LogP contribution in [0.2, 0.25) is 38.3 Å². The van der Waals surface area contributed by atoms with E-state index in [0.29, 0.717) is 0 Å². The van der Waals surface area contributed by atoms with Gasteiger partial charge >= 0.3 is 0 Å². The molecule has 0 unspecified atom stereocenters. The second-order valence-electron chi connectivity index (χ2n) is 11.1. The molecule has 1 aromatic carbocycles. The first-order chi connectivity index (χ1) is 14.3. The molecule has 1 aromatic rings. The summed E-state index contributed by atoms with van der Waals surface area (Å²) in [5.41, 5.74) is 0. The zero-order valence-electron chi connectivity index (χ0n) is 21.6. The zero-order chi connectivity index (χ0) is 22.3. The summed E-state index contributed by atoms with van der Waals surface area (Å²) in [7, 11) is -2.53. The first-order valence-electron chi connectivity index (χ1n) is 13.4. The van der Waals surface area contributed by atoms with Gasteiger partial charge < -0.3 is 0 Å².